The number of nitrogens with zero attached hydrogens (tertiary/aromatic N) is 2. The standard InChI is InChI=1S/2C13H15NO4S3/c2*1-2-3-8-18-13(19)20-9-14-12(15)10-6-4-5-7-11(10)21(14,16)17/h2*4-7H,2-3,8-9H2,1H3. The Morgan fingerprint density at radius 2 is 1.05 bits per heavy atom. The van der Waals surface area contributed by atoms with Crippen molar-refractivity contribution in [1.82, 2.24) is 8.61 Å². The Kier molecular flexibility index (Phi) is 12.6. The van der Waals surface area contributed by atoms with Crippen LogP contribution in [0, 0.1) is 0 Å². The van der Waals surface area contributed by atoms with Crippen LogP contribution in [0.1, 0.15) is 60.2 Å². The number of rotatable bonds is 10. The molecule has 0 saturated carbocycles. The lowest BCUT2D eigenvalue weighted by Crippen LogP contribution is -2.30. The van der Waals surface area contributed by atoms with Crippen molar-refractivity contribution in [3.8, 4) is 0 Å². The number of hydrogen-bond donors (Lipinski definition) is 0. The van der Waals surface area contributed by atoms with Crippen LogP contribution in [-0.2, 0) is 29.5 Å². The maximum absolute atomic E-state index is 12.3. The summed E-state index contributed by atoms with van der Waals surface area (Å²) >= 11 is 12.1. The summed E-state index contributed by atoms with van der Waals surface area (Å²) in [6.45, 7) is 5.07. The molecule has 2 heterocycles. The van der Waals surface area contributed by atoms with Gasteiger partial charge in [-0.3, -0.25) is 9.59 Å². The number of amides is 2. The van der Waals surface area contributed by atoms with E-state index in [1.165, 1.54) is 24.3 Å². The second-order valence-corrected chi connectivity index (χ2v) is 15.5. The molecule has 0 spiro atoms. The van der Waals surface area contributed by atoms with E-state index in [2.05, 4.69) is 0 Å². The van der Waals surface area contributed by atoms with Crippen LogP contribution in [0.2, 0.25) is 0 Å². The number of hydrogen-bond acceptors (Lipinski definition) is 12. The van der Waals surface area contributed by atoms with E-state index in [1.54, 1.807) is 24.3 Å². The largest absolute Gasteiger partial charge is 0.479 e. The molecular formula is C26H30N2O8S6. The third kappa shape index (κ3) is 8.02. The van der Waals surface area contributed by atoms with Crippen molar-refractivity contribution in [2.24, 2.45) is 0 Å². The average Bonchev–Trinajstić information content (AvgIpc) is 3.28. The molecule has 2 aromatic carbocycles. The van der Waals surface area contributed by atoms with Gasteiger partial charge >= 0.3 is 0 Å². The molecule has 16 heteroatoms. The van der Waals surface area contributed by atoms with E-state index in [9.17, 15) is 26.4 Å². The van der Waals surface area contributed by atoms with Crippen molar-refractivity contribution >= 4 is 88.6 Å². The van der Waals surface area contributed by atoms with E-state index >= 15 is 0 Å². The lowest BCUT2D eigenvalue weighted by molar-refractivity contribution is 0.0878. The fourth-order valence-electron chi connectivity index (χ4n) is 3.62. The molecule has 4 rings (SSSR count). The summed E-state index contributed by atoms with van der Waals surface area (Å²) in [4.78, 5) is 24.4. The van der Waals surface area contributed by atoms with Crippen LogP contribution in [-0.4, -0.2) is 71.0 Å². The number of thiocarbonyl (C=S) groups is 2. The average molecular weight is 691 g/mol. The van der Waals surface area contributed by atoms with Crippen LogP contribution < -0.4 is 0 Å². The molecule has 2 aliphatic rings. The van der Waals surface area contributed by atoms with Crippen LogP contribution in [0.15, 0.2) is 58.3 Å². The van der Waals surface area contributed by atoms with E-state index in [0.29, 0.717) is 13.2 Å². The van der Waals surface area contributed by atoms with Crippen LogP contribution in [0.3, 0.4) is 0 Å². The lowest BCUT2D eigenvalue weighted by atomic mass is 10.2. The Hall–Kier alpha value is -2.24. The van der Waals surface area contributed by atoms with Gasteiger partial charge in [-0.1, -0.05) is 74.5 Å². The molecule has 0 atom stereocenters. The van der Waals surface area contributed by atoms with Crippen molar-refractivity contribution in [3.05, 3.63) is 59.7 Å². The SMILES string of the molecule is CCCCOC(=S)SCN1C(=O)c2ccccc2S1(=O)=O.CCCCOC(=S)SCN1C(=O)c2ccccc2S1(=O)=O. The van der Waals surface area contributed by atoms with Gasteiger partial charge in [-0.2, -0.15) is 0 Å². The second kappa shape index (κ2) is 15.5. The van der Waals surface area contributed by atoms with Gasteiger partial charge in [-0.25, -0.2) is 25.4 Å². The molecule has 2 aliphatic heterocycles. The van der Waals surface area contributed by atoms with Gasteiger partial charge in [-0.15, -0.1) is 0 Å². The zero-order valence-electron chi connectivity index (χ0n) is 22.9. The number of ether oxygens (including phenoxy) is 2. The zero-order valence-corrected chi connectivity index (χ0v) is 27.8. The molecule has 0 saturated heterocycles. The van der Waals surface area contributed by atoms with Crippen LogP contribution in [0.4, 0.5) is 0 Å². The minimum absolute atomic E-state index is 0.0495. The first kappa shape index (κ1) is 34.3. The van der Waals surface area contributed by atoms with Gasteiger partial charge in [0.05, 0.1) is 36.1 Å². The monoisotopic (exact) mass is 690 g/mol. The highest BCUT2D eigenvalue weighted by Gasteiger charge is 2.42. The van der Waals surface area contributed by atoms with E-state index in [4.69, 9.17) is 33.9 Å². The topological polar surface area (TPSA) is 127 Å². The quantitative estimate of drug-likeness (QED) is 0.239. The van der Waals surface area contributed by atoms with Crippen molar-refractivity contribution in [3.63, 3.8) is 0 Å². The molecule has 2 amide bonds. The highest BCUT2D eigenvalue weighted by Crippen LogP contribution is 2.32. The maximum Gasteiger partial charge on any atom is 0.269 e. The number of carbonyl (C=O) groups excluding carboxylic acids is 2. The second-order valence-electron chi connectivity index (χ2n) is 8.76. The molecule has 0 unspecified atom stereocenters. The summed E-state index contributed by atoms with van der Waals surface area (Å²) in [6.07, 6.45) is 3.74. The number of thioether (sulfide) groups is 2. The first-order chi connectivity index (χ1) is 20.0. The van der Waals surface area contributed by atoms with Crippen LogP contribution in [0.25, 0.3) is 0 Å². The third-order valence-corrected chi connectivity index (χ3v) is 12.2. The number of fused-ring (bicyclic) bond motifs is 2. The number of unbranched alkanes of at least 4 members (excludes halogenated alkanes) is 2. The van der Waals surface area contributed by atoms with Gasteiger partial charge in [0, 0.05) is 0 Å². The van der Waals surface area contributed by atoms with E-state index in [0.717, 1.165) is 57.8 Å². The van der Waals surface area contributed by atoms with Gasteiger partial charge < -0.3 is 9.47 Å². The zero-order chi connectivity index (χ0) is 30.9. The van der Waals surface area contributed by atoms with Crippen molar-refractivity contribution in [2.75, 3.05) is 25.0 Å². The smallest absolute Gasteiger partial charge is 0.269 e. The van der Waals surface area contributed by atoms with Crippen molar-refractivity contribution in [2.45, 2.75) is 49.3 Å². The van der Waals surface area contributed by atoms with Gasteiger partial charge in [0.15, 0.2) is 0 Å². The Labute approximate surface area is 265 Å². The van der Waals surface area contributed by atoms with Crippen LogP contribution >= 0.6 is 48.0 Å². The van der Waals surface area contributed by atoms with Crippen molar-refractivity contribution in [1.29, 1.82) is 0 Å². The molecule has 0 fully saturated rings. The van der Waals surface area contributed by atoms with Crippen LogP contribution in [0.5, 0.6) is 0 Å². The van der Waals surface area contributed by atoms with Gasteiger partial charge in [0.1, 0.15) is 9.79 Å². The Bertz CT molecular complexity index is 1430. The summed E-state index contributed by atoms with van der Waals surface area (Å²) in [6, 6.07) is 12.4. The Balaban J connectivity index is 0.000000230. The fraction of sp³-hybridized carbons (Fsp3) is 0.385. The lowest BCUT2D eigenvalue weighted by Gasteiger charge is -2.14. The maximum atomic E-state index is 12.3. The highest BCUT2D eigenvalue weighted by molar-refractivity contribution is 8.23. The molecule has 228 valence electrons. The number of carbonyl (C=O) groups is 2. The first-order valence-corrected chi connectivity index (χ1v) is 18.5. The predicted molar refractivity (Wildman–Crippen MR) is 171 cm³/mol. The molecular weight excluding hydrogens is 661 g/mol. The number of sulfonamides is 2. The summed E-state index contributed by atoms with van der Waals surface area (Å²) in [5, 5.41) is 0. The molecule has 0 aliphatic carbocycles. The molecule has 0 N–H and O–H groups in total. The van der Waals surface area contributed by atoms with Crippen molar-refractivity contribution < 1.29 is 35.9 Å². The molecule has 10 nitrogen and oxygen atoms in total. The first-order valence-electron chi connectivity index (χ1n) is 12.9. The number of benzene rings is 2. The van der Waals surface area contributed by atoms with Gasteiger partial charge in [0.2, 0.25) is 8.77 Å². The summed E-state index contributed by atoms with van der Waals surface area (Å²) in [5.41, 5.74) is 0.409. The fourth-order valence-corrected chi connectivity index (χ4v) is 9.02. The highest BCUT2D eigenvalue weighted by atomic mass is 32.2. The molecule has 0 aromatic heterocycles. The molecule has 0 bridgehead atoms. The van der Waals surface area contributed by atoms with E-state index in [-0.39, 0.29) is 41.4 Å². The molecule has 0 radical (unpaired) electrons. The van der Waals surface area contributed by atoms with Gasteiger partial charge in [0.25, 0.3) is 31.9 Å². The predicted octanol–water partition coefficient (Wildman–Crippen LogP) is 5.25. The summed E-state index contributed by atoms with van der Waals surface area (Å²) in [7, 11) is -7.54. The molecule has 42 heavy (non-hydrogen) atoms. The van der Waals surface area contributed by atoms with E-state index < -0.39 is 31.9 Å². The minimum Gasteiger partial charge on any atom is -0.479 e. The Morgan fingerprint density at radius 3 is 1.38 bits per heavy atom. The minimum atomic E-state index is -3.77. The normalized spacial score (nSPS) is 15.9. The molecule has 2 aromatic rings. The third-order valence-electron chi connectivity index (χ3n) is 5.86. The summed E-state index contributed by atoms with van der Waals surface area (Å²) < 4.78 is 61.8. The van der Waals surface area contributed by atoms with Gasteiger partial charge in [-0.05, 0) is 61.5 Å². The van der Waals surface area contributed by atoms with E-state index in [1.807, 2.05) is 13.8 Å². The Morgan fingerprint density at radius 1 is 0.690 bits per heavy atom. The summed E-state index contributed by atoms with van der Waals surface area (Å²) in [5.74, 6) is -1.18.